The molecule has 2 unspecified atom stereocenters. The Kier molecular flexibility index (Phi) is 22.5. The highest BCUT2D eigenvalue weighted by atomic mass is 32.2. The van der Waals surface area contributed by atoms with Gasteiger partial charge in [-0.05, 0) is 35.9 Å². The second-order valence-corrected chi connectivity index (χ2v) is 13.8. The Hall–Kier alpha value is -1.51. The maximum absolute atomic E-state index is 12.0. The van der Waals surface area contributed by atoms with Crippen molar-refractivity contribution in [3.05, 3.63) is 40.9 Å². The summed E-state index contributed by atoms with van der Waals surface area (Å²) >= 11 is 1.84. The number of hydrogen-bond donors (Lipinski definition) is 2. The van der Waals surface area contributed by atoms with E-state index >= 15 is 0 Å². The van der Waals surface area contributed by atoms with E-state index in [1.807, 2.05) is 36.0 Å². The topological polar surface area (TPSA) is 89.5 Å². The van der Waals surface area contributed by atoms with Gasteiger partial charge in [0.15, 0.2) is 0 Å². The van der Waals surface area contributed by atoms with E-state index in [4.69, 9.17) is 18.5 Å². The number of hydrogen-bond acceptors (Lipinski definition) is 8. The van der Waals surface area contributed by atoms with Crippen LogP contribution in [0.15, 0.2) is 35.4 Å². The minimum atomic E-state index is -2.14. The average Bonchev–Trinajstić information content (AvgIpc) is 3.43. The van der Waals surface area contributed by atoms with Crippen molar-refractivity contribution in [2.45, 2.75) is 129 Å². The fourth-order valence-electron chi connectivity index (χ4n) is 5.03. The highest BCUT2D eigenvalue weighted by Gasteiger charge is 2.17. The van der Waals surface area contributed by atoms with Gasteiger partial charge in [-0.15, -0.1) is 11.8 Å². The molecule has 1 aromatic rings. The molecule has 0 aliphatic carbocycles. The lowest BCUT2D eigenvalue weighted by Crippen LogP contribution is -2.31. The minimum absolute atomic E-state index is 0.0296. The summed E-state index contributed by atoms with van der Waals surface area (Å²) in [5.74, 6) is 1.49. The molecule has 10 heteroatoms. The van der Waals surface area contributed by atoms with Crippen molar-refractivity contribution in [1.82, 2.24) is 10.2 Å². The first-order valence-corrected chi connectivity index (χ1v) is 19.0. The number of rotatable bonds is 27. The number of carbonyl (C=O) groups is 1. The number of unbranched alkanes of at least 4 members (excludes halogenated alkanes) is 15. The zero-order valence-corrected chi connectivity index (χ0v) is 29.3. The van der Waals surface area contributed by atoms with Crippen LogP contribution in [0.3, 0.4) is 0 Å². The number of carbonyl (C=O) groups excluding carboxylic acids is 1. The van der Waals surface area contributed by atoms with Gasteiger partial charge >= 0.3 is 14.7 Å². The Morgan fingerprint density at radius 2 is 1.48 bits per heavy atom. The number of ether oxygens (including phenoxy) is 2. The lowest BCUT2D eigenvalue weighted by molar-refractivity contribution is 0.00598. The number of benzene rings is 1. The lowest BCUT2D eigenvalue weighted by atomic mass is 10.0. The molecule has 252 valence electrons. The van der Waals surface area contributed by atoms with Gasteiger partial charge in [0.1, 0.15) is 18.5 Å². The molecule has 0 fully saturated rings. The van der Waals surface area contributed by atoms with E-state index in [1.165, 1.54) is 102 Å². The second-order valence-electron chi connectivity index (χ2n) is 11.7. The Balaban J connectivity index is 1.40. The summed E-state index contributed by atoms with van der Waals surface area (Å²) in [5, 5.41) is 2.80. The molecule has 2 rings (SSSR count). The SMILES string of the molecule is CCCCCCCCCCCCCCCCCCNC(=O)OCC(COP(O)Oc1ccc(CN2C=C(C)SC2)cc1)OC. The standard InChI is InChI=1S/C34H59N2O6PS/c1-4-5-6-7-8-9-10-11-12-13-14-15-16-17-18-19-24-35-34(37)40-27-33(39-3)28-41-43(38)42-32-22-20-31(21-23-32)26-36-25-30(2)44-29-36/h20-23,25,33,38H,4-19,24,26-29H2,1-3H3,(H,35,37). The van der Waals surface area contributed by atoms with E-state index in [0.29, 0.717) is 12.3 Å². The van der Waals surface area contributed by atoms with Crippen molar-refractivity contribution >= 4 is 26.5 Å². The normalized spacial score (nSPS) is 14.4. The summed E-state index contributed by atoms with van der Waals surface area (Å²) in [4.78, 5) is 25.8. The van der Waals surface area contributed by atoms with E-state index in [9.17, 15) is 9.69 Å². The number of nitrogens with one attached hydrogen (secondary N) is 1. The maximum atomic E-state index is 12.0. The first kappa shape index (κ1) is 38.7. The largest absolute Gasteiger partial charge is 0.447 e. The van der Waals surface area contributed by atoms with Crippen molar-refractivity contribution in [1.29, 1.82) is 0 Å². The van der Waals surface area contributed by atoms with Crippen LogP contribution in [0.4, 0.5) is 4.79 Å². The van der Waals surface area contributed by atoms with Gasteiger partial charge < -0.3 is 29.1 Å². The second kappa shape index (κ2) is 25.7. The van der Waals surface area contributed by atoms with E-state index in [0.717, 1.165) is 30.8 Å². The number of allylic oxidation sites excluding steroid dienone is 1. The number of alkyl carbamates (subject to hydrolysis) is 1. The molecule has 1 heterocycles. The zero-order chi connectivity index (χ0) is 31.7. The Morgan fingerprint density at radius 1 is 0.909 bits per heavy atom. The Labute approximate surface area is 273 Å². The molecule has 0 bridgehead atoms. The van der Waals surface area contributed by atoms with Crippen LogP contribution in [0.2, 0.25) is 0 Å². The van der Waals surface area contributed by atoms with E-state index in [1.54, 1.807) is 0 Å². The number of thioether (sulfide) groups is 1. The summed E-state index contributed by atoms with van der Waals surface area (Å²) in [7, 11) is -0.621. The number of nitrogens with zero attached hydrogens (tertiary/aromatic N) is 1. The number of amides is 1. The monoisotopic (exact) mass is 654 g/mol. The van der Waals surface area contributed by atoms with Crippen LogP contribution in [0, 0.1) is 0 Å². The lowest BCUT2D eigenvalue weighted by Gasteiger charge is -2.18. The summed E-state index contributed by atoms with van der Waals surface area (Å²) < 4.78 is 21.5. The van der Waals surface area contributed by atoms with Gasteiger partial charge in [0, 0.05) is 26.4 Å². The first-order chi connectivity index (χ1) is 21.5. The van der Waals surface area contributed by atoms with E-state index < -0.39 is 20.8 Å². The first-order valence-electron chi connectivity index (χ1n) is 16.9. The molecule has 1 aromatic carbocycles. The predicted molar refractivity (Wildman–Crippen MR) is 184 cm³/mol. The van der Waals surface area contributed by atoms with Crippen LogP contribution in [-0.4, -0.2) is 54.7 Å². The fraction of sp³-hybridized carbons (Fsp3) is 0.735. The smallest absolute Gasteiger partial charge is 0.407 e. The quantitative estimate of drug-likeness (QED) is 0.0716. The molecule has 0 radical (unpaired) electrons. The molecule has 2 atom stereocenters. The average molecular weight is 655 g/mol. The number of methoxy groups -OCH3 is 1. The van der Waals surface area contributed by atoms with Crippen LogP contribution < -0.4 is 9.84 Å². The van der Waals surface area contributed by atoms with Crippen molar-refractivity contribution in [2.75, 3.05) is 32.7 Å². The van der Waals surface area contributed by atoms with Crippen molar-refractivity contribution in [3.63, 3.8) is 0 Å². The molecule has 1 amide bonds. The van der Waals surface area contributed by atoms with Crippen LogP contribution in [0.5, 0.6) is 5.75 Å². The van der Waals surface area contributed by atoms with Crippen LogP contribution in [0.1, 0.15) is 122 Å². The van der Waals surface area contributed by atoms with Crippen LogP contribution >= 0.6 is 20.4 Å². The Bertz CT molecular complexity index is 891. The molecular weight excluding hydrogens is 595 g/mol. The molecule has 44 heavy (non-hydrogen) atoms. The molecular formula is C34H59N2O6PS. The molecule has 8 nitrogen and oxygen atoms in total. The third kappa shape index (κ3) is 19.8. The molecule has 1 aliphatic rings. The fourth-order valence-corrected chi connectivity index (χ4v) is 6.44. The third-order valence-electron chi connectivity index (χ3n) is 7.72. The van der Waals surface area contributed by atoms with Gasteiger partial charge in [-0.2, -0.15) is 0 Å². The van der Waals surface area contributed by atoms with Crippen LogP contribution in [0.25, 0.3) is 0 Å². The minimum Gasteiger partial charge on any atom is -0.447 e. The summed E-state index contributed by atoms with van der Waals surface area (Å²) in [6, 6.07) is 7.61. The molecule has 0 saturated heterocycles. The Morgan fingerprint density at radius 3 is 2.00 bits per heavy atom. The van der Waals surface area contributed by atoms with E-state index in [2.05, 4.69) is 30.3 Å². The molecule has 0 spiro atoms. The van der Waals surface area contributed by atoms with Gasteiger partial charge in [0.25, 0.3) is 0 Å². The van der Waals surface area contributed by atoms with Gasteiger partial charge in [0.2, 0.25) is 0 Å². The van der Waals surface area contributed by atoms with Gasteiger partial charge in [-0.3, -0.25) is 4.52 Å². The van der Waals surface area contributed by atoms with Gasteiger partial charge in [-0.25, -0.2) is 4.79 Å². The van der Waals surface area contributed by atoms with Crippen molar-refractivity contribution < 1.29 is 28.2 Å². The van der Waals surface area contributed by atoms with Gasteiger partial charge in [-0.1, -0.05) is 115 Å². The van der Waals surface area contributed by atoms with Gasteiger partial charge in [0.05, 0.1) is 12.5 Å². The van der Waals surface area contributed by atoms with Crippen molar-refractivity contribution in [2.24, 2.45) is 0 Å². The molecule has 0 aromatic heterocycles. The molecule has 2 N–H and O–H groups in total. The summed E-state index contributed by atoms with van der Waals surface area (Å²) in [5.41, 5.74) is 1.16. The van der Waals surface area contributed by atoms with Crippen molar-refractivity contribution in [3.8, 4) is 5.75 Å². The summed E-state index contributed by atoms with van der Waals surface area (Å²) in [6.07, 6.45) is 22.4. The van der Waals surface area contributed by atoms with E-state index in [-0.39, 0.29) is 13.2 Å². The molecule has 0 saturated carbocycles. The third-order valence-corrected chi connectivity index (χ3v) is 9.48. The predicted octanol–water partition coefficient (Wildman–Crippen LogP) is 9.67. The molecule has 1 aliphatic heterocycles. The zero-order valence-electron chi connectivity index (χ0n) is 27.6. The maximum Gasteiger partial charge on any atom is 0.407 e. The van der Waals surface area contributed by atoms with Crippen LogP contribution in [-0.2, 0) is 20.5 Å². The highest BCUT2D eigenvalue weighted by Crippen LogP contribution is 2.35. The highest BCUT2D eigenvalue weighted by molar-refractivity contribution is 8.03. The summed E-state index contributed by atoms with van der Waals surface area (Å²) in [6.45, 7) is 5.90.